The number of carbonyl (C=O) groups is 1. The van der Waals surface area contributed by atoms with E-state index in [1.807, 2.05) is 49.5 Å². The molecule has 0 aliphatic heterocycles. The van der Waals surface area contributed by atoms with Crippen LogP contribution in [0.1, 0.15) is 15.9 Å². The van der Waals surface area contributed by atoms with Gasteiger partial charge in [0, 0.05) is 34.4 Å². The molecule has 6 heteroatoms. The van der Waals surface area contributed by atoms with Crippen LogP contribution in [-0.2, 0) is 12.8 Å². The summed E-state index contributed by atoms with van der Waals surface area (Å²) in [6, 6.07) is 17.2. The van der Waals surface area contributed by atoms with Crippen molar-refractivity contribution < 1.29 is 4.79 Å². The van der Waals surface area contributed by atoms with E-state index in [9.17, 15) is 4.79 Å². The monoisotopic (exact) mass is 376 g/mol. The van der Waals surface area contributed by atoms with Gasteiger partial charge < -0.3 is 0 Å². The highest BCUT2D eigenvalue weighted by atomic mass is 35.5. The molecule has 0 aliphatic carbocycles. The van der Waals surface area contributed by atoms with Crippen LogP contribution in [0.2, 0.25) is 5.15 Å². The van der Waals surface area contributed by atoms with E-state index in [1.165, 1.54) is 11.8 Å². The van der Waals surface area contributed by atoms with Crippen LogP contribution in [0, 0.1) is 0 Å². The van der Waals surface area contributed by atoms with Crippen molar-refractivity contribution >= 4 is 40.2 Å². The van der Waals surface area contributed by atoms with Crippen molar-refractivity contribution in [2.45, 2.75) is 10.6 Å². The Labute approximate surface area is 154 Å². The summed E-state index contributed by atoms with van der Waals surface area (Å²) in [5, 5.41) is 4.66. The molecule has 0 saturated carbocycles. The number of thioether (sulfide) groups is 1. The minimum absolute atomic E-state index is 0.460. The topological polar surface area (TPSA) is 34.9 Å². The summed E-state index contributed by atoms with van der Waals surface area (Å²) in [7, 11) is 1.82. The highest BCUT2D eigenvalue weighted by Gasteiger charge is 2.17. The second-order valence-electron chi connectivity index (χ2n) is 5.17. The lowest BCUT2D eigenvalue weighted by atomic mass is 10.1. The number of hydrogen-bond donors (Lipinski definition) is 0. The Morgan fingerprint density at radius 1 is 1.12 bits per heavy atom. The minimum atomic E-state index is -0.460. The largest absolute Gasteiger partial charge is 0.276 e. The lowest BCUT2D eigenvalue weighted by Gasteiger charge is -2.07. The molecular weight excluding hydrogens is 363 g/mol. The van der Waals surface area contributed by atoms with E-state index in [0.717, 1.165) is 21.7 Å². The van der Waals surface area contributed by atoms with E-state index in [0.29, 0.717) is 16.5 Å². The first-order valence-corrected chi connectivity index (χ1v) is 9.00. The van der Waals surface area contributed by atoms with Gasteiger partial charge in [-0.1, -0.05) is 54.1 Å². The summed E-state index contributed by atoms with van der Waals surface area (Å²) >= 11 is 13.6. The van der Waals surface area contributed by atoms with Gasteiger partial charge in [-0.25, -0.2) is 0 Å². The second-order valence-corrected chi connectivity index (χ2v) is 6.88. The molecule has 0 amide bonds. The Morgan fingerprint density at radius 2 is 1.79 bits per heavy atom. The van der Waals surface area contributed by atoms with Gasteiger partial charge in [-0.2, -0.15) is 5.10 Å². The zero-order chi connectivity index (χ0) is 17.1. The van der Waals surface area contributed by atoms with Gasteiger partial charge in [-0.05, 0) is 23.7 Å². The molecule has 2 aromatic carbocycles. The molecule has 0 atom stereocenters. The first-order chi connectivity index (χ1) is 11.6. The second kappa shape index (κ2) is 7.43. The highest BCUT2D eigenvalue weighted by molar-refractivity contribution is 7.98. The molecule has 0 bridgehead atoms. The number of rotatable bonds is 5. The van der Waals surface area contributed by atoms with Crippen molar-refractivity contribution in [2.75, 3.05) is 0 Å². The molecule has 0 aliphatic rings. The molecular formula is C18H14Cl2N2OS. The van der Waals surface area contributed by atoms with Crippen LogP contribution in [0.3, 0.4) is 0 Å². The summed E-state index contributed by atoms with van der Waals surface area (Å²) in [4.78, 5) is 12.4. The molecule has 0 unspecified atom stereocenters. The van der Waals surface area contributed by atoms with E-state index in [4.69, 9.17) is 23.2 Å². The van der Waals surface area contributed by atoms with Crippen molar-refractivity contribution in [2.24, 2.45) is 7.05 Å². The van der Waals surface area contributed by atoms with Crippen molar-refractivity contribution in [3.8, 4) is 11.3 Å². The van der Waals surface area contributed by atoms with E-state index >= 15 is 0 Å². The summed E-state index contributed by atoms with van der Waals surface area (Å²) in [6.07, 6.45) is 0. The number of carbonyl (C=O) groups excluding carboxylic acids is 1. The predicted octanol–water partition coefficient (Wildman–Crippen LogP) is 5.41. The third kappa shape index (κ3) is 3.51. The van der Waals surface area contributed by atoms with Gasteiger partial charge in [0.1, 0.15) is 5.15 Å². The number of benzene rings is 2. The quantitative estimate of drug-likeness (QED) is 0.440. The number of nitrogens with zero attached hydrogens (tertiary/aromatic N) is 2. The third-order valence-corrected chi connectivity index (χ3v) is 5.36. The van der Waals surface area contributed by atoms with Gasteiger partial charge >= 0.3 is 0 Å². The number of hydrogen-bond acceptors (Lipinski definition) is 3. The number of aromatic nitrogens is 2. The summed E-state index contributed by atoms with van der Waals surface area (Å²) in [5.74, 6) is 0.595. The normalized spacial score (nSPS) is 10.8. The van der Waals surface area contributed by atoms with E-state index < -0.39 is 5.24 Å². The maximum atomic E-state index is 11.5. The average Bonchev–Trinajstić information content (AvgIpc) is 2.89. The molecule has 3 rings (SSSR count). The first-order valence-electron chi connectivity index (χ1n) is 7.26. The molecule has 1 aromatic heterocycles. The van der Waals surface area contributed by atoms with Crippen LogP contribution in [-0.4, -0.2) is 15.0 Å². The fraction of sp³-hybridized carbons (Fsp3) is 0.111. The van der Waals surface area contributed by atoms with Crippen molar-refractivity contribution in [3.05, 3.63) is 70.9 Å². The fourth-order valence-electron chi connectivity index (χ4n) is 2.41. The molecule has 24 heavy (non-hydrogen) atoms. The Morgan fingerprint density at radius 3 is 2.50 bits per heavy atom. The van der Waals surface area contributed by atoms with Crippen LogP contribution in [0.5, 0.6) is 0 Å². The lowest BCUT2D eigenvalue weighted by Crippen LogP contribution is -1.93. The van der Waals surface area contributed by atoms with Crippen molar-refractivity contribution in [1.82, 2.24) is 9.78 Å². The molecule has 0 radical (unpaired) electrons. The van der Waals surface area contributed by atoms with Gasteiger partial charge in [0.15, 0.2) is 0 Å². The van der Waals surface area contributed by atoms with E-state index in [2.05, 4.69) is 5.10 Å². The SMILES string of the molecule is Cn1nc(-c2ccccc2)c(CSc2ccccc2C(=O)Cl)c1Cl. The zero-order valence-electron chi connectivity index (χ0n) is 12.9. The number of halogens is 2. The lowest BCUT2D eigenvalue weighted by molar-refractivity contribution is 0.107. The zero-order valence-corrected chi connectivity index (χ0v) is 15.2. The standard InChI is InChI=1S/C18H14Cl2N2OS/c1-22-17(19)14(16(21-22)12-7-3-2-4-8-12)11-24-15-10-6-5-9-13(15)18(20)23/h2-10H,11H2,1H3. The van der Waals surface area contributed by atoms with Crippen LogP contribution in [0.25, 0.3) is 11.3 Å². The van der Waals surface area contributed by atoms with Crippen LogP contribution in [0.4, 0.5) is 0 Å². The maximum Gasteiger partial charge on any atom is 0.253 e. The van der Waals surface area contributed by atoms with Gasteiger partial charge in [0.25, 0.3) is 5.24 Å². The molecule has 1 heterocycles. The van der Waals surface area contributed by atoms with Gasteiger partial charge in [-0.3, -0.25) is 9.48 Å². The molecule has 0 fully saturated rings. The Balaban J connectivity index is 1.93. The van der Waals surface area contributed by atoms with Crippen LogP contribution < -0.4 is 0 Å². The third-order valence-electron chi connectivity index (χ3n) is 3.59. The van der Waals surface area contributed by atoms with E-state index in [-0.39, 0.29) is 0 Å². The predicted molar refractivity (Wildman–Crippen MR) is 99.8 cm³/mol. The molecule has 0 spiro atoms. The summed E-state index contributed by atoms with van der Waals surface area (Å²) < 4.78 is 1.67. The van der Waals surface area contributed by atoms with Crippen molar-refractivity contribution in [1.29, 1.82) is 0 Å². The number of aryl methyl sites for hydroxylation is 1. The minimum Gasteiger partial charge on any atom is -0.276 e. The maximum absolute atomic E-state index is 11.5. The Hall–Kier alpha value is -1.75. The molecule has 122 valence electrons. The van der Waals surface area contributed by atoms with Gasteiger partial charge in [0.2, 0.25) is 0 Å². The summed E-state index contributed by atoms with van der Waals surface area (Å²) in [6.45, 7) is 0. The van der Waals surface area contributed by atoms with Crippen LogP contribution >= 0.6 is 35.0 Å². The fourth-order valence-corrected chi connectivity index (χ4v) is 3.97. The smallest absolute Gasteiger partial charge is 0.253 e. The highest BCUT2D eigenvalue weighted by Crippen LogP contribution is 2.35. The molecule has 3 aromatic rings. The molecule has 0 N–H and O–H groups in total. The Kier molecular flexibility index (Phi) is 5.29. The molecule has 3 nitrogen and oxygen atoms in total. The van der Waals surface area contributed by atoms with Gasteiger partial charge in [0.05, 0.1) is 5.69 Å². The Bertz CT molecular complexity index is 878. The first kappa shape index (κ1) is 17.1. The van der Waals surface area contributed by atoms with Crippen LogP contribution in [0.15, 0.2) is 59.5 Å². The average molecular weight is 377 g/mol. The van der Waals surface area contributed by atoms with Gasteiger partial charge in [-0.15, -0.1) is 11.8 Å². The summed E-state index contributed by atoms with van der Waals surface area (Å²) in [5.41, 5.74) is 3.31. The van der Waals surface area contributed by atoms with Crippen molar-refractivity contribution in [3.63, 3.8) is 0 Å². The van der Waals surface area contributed by atoms with E-state index in [1.54, 1.807) is 16.8 Å². The molecule has 0 saturated heterocycles.